The molecule has 0 spiro atoms. The Kier molecular flexibility index (Phi) is 9.28. The van der Waals surface area contributed by atoms with E-state index in [1.165, 1.54) is 32.6 Å². The van der Waals surface area contributed by atoms with Crippen LogP contribution in [0, 0.1) is 6.92 Å². The number of rotatable bonds is 12. The summed E-state index contributed by atoms with van der Waals surface area (Å²) >= 11 is 0. The maximum absolute atomic E-state index is 13.5. The molecular formula is C27H29N3O6S. The number of nitrogens with one attached hydrogen (secondary N) is 1. The van der Waals surface area contributed by atoms with Gasteiger partial charge < -0.3 is 14.2 Å². The van der Waals surface area contributed by atoms with Crippen LogP contribution >= 0.6 is 0 Å². The van der Waals surface area contributed by atoms with E-state index >= 15 is 0 Å². The van der Waals surface area contributed by atoms with Crippen molar-refractivity contribution in [3.05, 3.63) is 90.5 Å². The zero-order chi connectivity index (χ0) is 26.8. The molecule has 0 heterocycles. The summed E-state index contributed by atoms with van der Waals surface area (Å²) in [5, 5.41) is 3.97. The molecule has 194 valence electrons. The van der Waals surface area contributed by atoms with Crippen molar-refractivity contribution >= 4 is 27.8 Å². The maximum Gasteiger partial charge on any atom is 0.264 e. The third kappa shape index (κ3) is 7.11. The number of anilines is 1. The Morgan fingerprint density at radius 1 is 1.00 bits per heavy atom. The molecule has 0 bridgehead atoms. The first-order valence-electron chi connectivity index (χ1n) is 11.3. The van der Waals surface area contributed by atoms with Gasteiger partial charge in [-0.25, -0.2) is 13.8 Å². The minimum atomic E-state index is -4.06. The number of hydrazone groups is 1. The summed E-state index contributed by atoms with van der Waals surface area (Å²) in [4.78, 5) is 12.8. The van der Waals surface area contributed by atoms with Crippen LogP contribution < -0.4 is 23.9 Å². The van der Waals surface area contributed by atoms with Crippen LogP contribution in [0.1, 0.15) is 11.1 Å². The van der Waals surface area contributed by atoms with Crippen molar-refractivity contribution < 1.29 is 27.4 Å². The van der Waals surface area contributed by atoms with Gasteiger partial charge in [-0.2, -0.15) is 5.10 Å². The van der Waals surface area contributed by atoms with E-state index in [1.807, 2.05) is 6.92 Å². The fourth-order valence-corrected chi connectivity index (χ4v) is 4.70. The highest BCUT2D eigenvalue weighted by molar-refractivity contribution is 7.92. The van der Waals surface area contributed by atoms with Gasteiger partial charge in [-0.15, -0.1) is 0 Å². The molecule has 37 heavy (non-hydrogen) atoms. The molecule has 3 aromatic carbocycles. The molecule has 0 saturated carbocycles. The number of methoxy groups -OCH3 is 2. The Morgan fingerprint density at radius 2 is 1.70 bits per heavy atom. The number of hydrogen-bond donors (Lipinski definition) is 1. The number of benzene rings is 3. The Labute approximate surface area is 217 Å². The summed E-state index contributed by atoms with van der Waals surface area (Å²) in [6.45, 7) is 5.36. The number of aryl methyl sites for hydroxylation is 1. The normalized spacial score (nSPS) is 11.1. The van der Waals surface area contributed by atoms with E-state index in [0.717, 1.165) is 9.87 Å². The number of nitrogens with zero attached hydrogens (tertiary/aromatic N) is 2. The van der Waals surface area contributed by atoms with Crippen molar-refractivity contribution in [2.24, 2.45) is 5.10 Å². The smallest absolute Gasteiger partial charge is 0.264 e. The van der Waals surface area contributed by atoms with Crippen LogP contribution in [-0.2, 0) is 14.8 Å². The lowest BCUT2D eigenvalue weighted by atomic mass is 10.2. The van der Waals surface area contributed by atoms with E-state index in [4.69, 9.17) is 14.2 Å². The first-order valence-corrected chi connectivity index (χ1v) is 12.7. The lowest BCUT2D eigenvalue weighted by Crippen LogP contribution is -2.39. The molecule has 1 amide bonds. The van der Waals surface area contributed by atoms with Gasteiger partial charge in [-0.05, 0) is 67.1 Å². The lowest BCUT2D eigenvalue weighted by molar-refractivity contribution is -0.119. The molecule has 0 aliphatic carbocycles. The van der Waals surface area contributed by atoms with Gasteiger partial charge in [-0.3, -0.25) is 9.10 Å². The second-order valence-electron chi connectivity index (χ2n) is 7.83. The standard InChI is InChI=1S/C27H29N3O6S/c1-5-16-36-25-15-8-21(17-26(25)35-4)18-28-29-27(31)19-30(22-9-6-20(2)7-10-22)37(32,33)24-13-11-23(34-3)12-14-24/h5-15,17-18H,1,16,19H2,2-4H3,(H,29,31)/b28-18-. The summed E-state index contributed by atoms with van der Waals surface area (Å²) in [6.07, 6.45) is 3.05. The predicted molar refractivity (Wildman–Crippen MR) is 143 cm³/mol. The van der Waals surface area contributed by atoms with Gasteiger partial charge in [0.1, 0.15) is 18.9 Å². The summed E-state index contributed by atoms with van der Waals surface area (Å²) in [5.41, 5.74) is 4.34. The van der Waals surface area contributed by atoms with E-state index < -0.39 is 22.5 Å². The minimum absolute atomic E-state index is 0.0241. The van der Waals surface area contributed by atoms with Crippen molar-refractivity contribution in [3.63, 3.8) is 0 Å². The average Bonchev–Trinajstić information content (AvgIpc) is 2.91. The van der Waals surface area contributed by atoms with E-state index in [-0.39, 0.29) is 4.90 Å². The van der Waals surface area contributed by atoms with Crippen molar-refractivity contribution in [2.75, 3.05) is 31.7 Å². The zero-order valence-electron chi connectivity index (χ0n) is 20.9. The number of amides is 1. The highest BCUT2D eigenvalue weighted by atomic mass is 32.2. The van der Waals surface area contributed by atoms with Gasteiger partial charge in [0.2, 0.25) is 0 Å². The summed E-state index contributed by atoms with van der Waals surface area (Å²) < 4.78 is 43.9. The van der Waals surface area contributed by atoms with Crippen LogP contribution in [0.5, 0.6) is 17.2 Å². The van der Waals surface area contributed by atoms with Gasteiger partial charge >= 0.3 is 0 Å². The first-order chi connectivity index (χ1) is 17.8. The molecule has 0 atom stereocenters. The monoisotopic (exact) mass is 523 g/mol. The van der Waals surface area contributed by atoms with E-state index in [0.29, 0.717) is 35.1 Å². The largest absolute Gasteiger partial charge is 0.497 e. The van der Waals surface area contributed by atoms with Crippen LogP contribution in [0.25, 0.3) is 0 Å². The molecule has 0 fully saturated rings. The topological polar surface area (TPSA) is 107 Å². The SMILES string of the molecule is C=CCOc1ccc(/C=N\NC(=O)CN(c2ccc(C)cc2)S(=O)(=O)c2ccc(OC)cc2)cc1OC. The highest BCUT2D eigenvalue weighted by Crippen LogP contribution is 2.28. The van der Waals surface area contributed by atoms with Gasteiger partial charge in [0.15, 0.2) is 11.5 Å². The zero-order valence-corrected chi connectivity index (χ0v) is 21.7. The Balaban J connectivity index is 1.78. The number of ether oxygens (including phenoxy) is 3. The third-order valence-corrected chi connectivity index (χ3v) is 6.99. The van der Waals surface area contributed by atoms with Crippen LogP contribution in [-0.4, -0.2) is 47.9 Å². The molecule has 0 unspecified atom stereocenters. The minimum Gasteiger partial charge on any atom is -0.497 e. The van der Waals surface area contributed by atoms with E-state index in [1.54, 1.807) is 60.7 Å². The molecule has 3 rings (SSSR count). The molecule has 0 aromatic heterocycles. The molecule has 0 saturated heterocycles. The molecule has 0 radical (unpaired) electrons. The first kappa shape index (κ1) is 27.3. The van der Waals surface area contributed by atoms with Crippen molar-refractivity contribution in [3.8, 4) is 17.2 Å². The van der Waals surface area contributed by atoms with Crippen LogP contribution in [0.15, 0.2) is 89.4 Å². The van der Waals surface area contributed by atoms with Crippen molar-refractivity contribution in [1.29, 1.82) is 0 Å². The number of carbonyl (C=O) groups excluding carboxylic acids is 1. The molecule has 0 aliphatic heterocycles. The Morgan fingerprint density at radius 3 is 2.32 bits per heavy atom. The van der Waals surface area contributed by atoms with Gasteiger partial charge in [0.05, 0.1) is 31.0 Å². The molecule has 9 nitrogen and oxygen atoms in total. The molecule has 0 aliphatic rings. The molecule has 10 heteroatoms. The Hall–Kier alpha value is -4.31. The average molecular weight is 524 g/mol. The van der Waals surface area contributed by atoms with Gasteiger partial charge in [-0.1, -0.05) is 30.4 Å². The fraction of sp³-hybridized carbons (Fsp3) is 0.185. The highest BCUT2D eigenvalue weighted by Gasteiger charge is 2.27. The fourth-order valence-electron chi connectivity index (χ4n) is 3.28. The number of carbonyl (C=O) groups is 1. The van der Waals surface area contributed by atoms with Crippen LogP contribution in [0.4, 0.5) is 5.69 Å². The van der Waals surface area contributed by atoms with Crippen molar-refractivity contribution in [1.82, 2.24) is 5.43 Å². The molecular weight excluding hydrogens is 494 g/mol. The maximum atomic E-state index is 13.5. The van der Waals surface area contributed by atoms with Gasteiger partial charge in [0.25, 0.3) is 15.9 Å². The second kappa shape index (κ2) is 12.6. The van der Waals surface area contributed by atoms with E-state index in [9.17, 15) is 13.2 Å². The summed E-state index contributed by atoms with van der Waals surface area (Å²) in [7, 11) is -1.05. The molecule has 1 N–H and O–H groups in total. The lowest BCUT2D eigenvalue weighted by Gasteiger charge is -2.24. The quantitative estimate of drug-likeness (QED) is 0.219. The third-order valence-electron chi connectivity index (χ3n) is 5.20. The predicted octanol–water partition coefficient (Wildman–Crippen LogP) is 3.92. The number of hydrogen-bond acceptors (Lipinski definition) is 7. The van der Waals surface area contributed by atoms with Crippen LogP contribution in [0.3, 0.4) is 0 Å². The second-order valence-corrected chi connectivity index (χ2v) is 9.69. The van der Waals surface area contributed by atoms with Crippen LogP contribution in [0.2, 0.25) is 0 Å². The van der Waals surface area contributed by atoms with Crippen molar-refractivity contribution in [2.45, 2.75) is 11.8 Å². The van der Waals surface area contributed by atoms with Gasteiger partial charge in [0, 0.05) is 0 Å². The molecule has 3 aromatic rings. The summed E-state index contributed by atoms with van der Waals surface area (Å²) in [5.74, 6) is 0.936. The number of sulfonamides is 1. The van der Waals surface area contributed by atoms with E-state index in [2.05, 4.69) is 17.1 Å². The Bertz CT molecular complexity index is 1350. The summed E-state index contributed by atoms with van der Waals surface area (Å²) in [6, 6.07) is 18.0.